The minimum atomic E-state index is -0.621. The zero-order valence-corrected chi connectivity index (χ0v) is 15.8. The number of nitrogens with zero attached hydrogens (tertiary/aromatic N) is 3. The van der Waals surface area contributed by atoms with Crippen molar-refractivity contribution in [1.82, 2.24) is 15.0 Å². The van der Waals surface area contributed by atoms with E-state index in [0.29, 0.717) is 34.8 Å². The van der Waals surface area contributed by atoms with Crippen LogP contribution in [0.1, 0.15) is 17.3 Å². The summed E-state index contributed by atoms with van der Waals surface area (Å²) in [6.45, 7) is 2.19. The molecular weight excluding hydrogens is 364 g/mol. The Morgan fingerprint density at radius 2 is 1.93 bits per heavy atom. The molecule has 0 fully saturated rings. The van der Waals surface area contributed by atoms with Crippen LogP contribution in [0.3, 0.4) is 0 Å². The van der Waals surface area contributed by atoms with Gasteiger partial charge in [0, 0.05) is 12.6 Å². The Kier molecular flexibility index (Phi) is 5.73. The largest absolute Gasteiger partial charge is 0.497 e. The average molecular weight is 384 g/mol. The second kappa shape index (κ2) is 8.38. The fourth-order valence-corrected chi connectivity index (χ4v) is 2.64. The molecule has 0 saturated carbocycles. The van der Waals surface area contributed by atoms with Crippen molar-refractivity contribution in [3.8, 4) is 11.5 Å². The van der Waals surface area contributed by atoms with Gasteiger partial charge in [-0.15, -0.1) is 5.10 Å². The lowest BCUT2D eigenvalue weighted by atomic mass is 10.2. The first-order chi connectivity index (χ1) is 13.5. The van der Waals surface area contributed by atoms with Gasteiger partial charge in [0.15, 0.2) is 6.61 Å². The van der Waals surface area contributed by atoms with Crippen LogP contribution in [0.2, 0.25) is 0 Å². The normalized spacial score (nSPS) is 10.5. The lowest BCUT2D eigenvalue weighted by molar-refractivity contribution is -0.119. The number of amides is 1. The number of nitrogens with one attached hydrogen (secondary N) is 1. The maximum atomic E-state index is 12.2. The molecule has 9 nitrogen and oxygen atoms in total. The molecule has 1 amide bonds. The number of carbonyl (C=O) groups is 2. The molecule has 0 aliphatic carbocycles. The van der Waals surface area contributed by atoms with Gasteiger partial charge < -0.3 is 19.5 Å². The third-order valence-corrected chi connectivity index (χ3v) is 4.07. The third-order valence-electron chi connectivity index (χ3n) is 4.07. The molecule has 0 radical (unpaired) electrons. The predicted octanol–water partition coefficient (Wildman–Crippen LogP) is 2.26. The monoisotopic (exact) mass is 384 g/mol. The Hall–Kier alpha value is -3.62. The van der Waals surface area contributed by atoms with E-state index in [2.05, 4.69) is 15.6 Å². The molecule has 0 spiro atoms. The van der Waals surface area contributed by atoms with Gasteiger partial charge in [-0.25, -0.2) is 9.48 Å². The summed E-state index contributed by atoms with van der Waals surface area (Å²) >= 11 is 0. The number of rotatable bonds is 7. The number of benzene rings is 2. The minimum absolute atomic E-state index is 0.297. The highest BCUT2D eigenvalue weighted by atomic mass is 16.5. The number of esters is 1. The Balaban J connectivity index is 1.62. The van der Waals surface area contributed by atoms with Crippen LogP contribution in [-0.4, -0.2) is 47.7 Å². The highest BCUT2D eigenvalue weighted by molar-refractivity contribution is 5.97. The van der Waals surface area contributed by atoms with Crippen LogP contribution >= 0.6 is 0 Å². The topological polar surface area (TPSA) is 105 Å². The van der Waals surface area contributed by atoms with E-state index < -0.39 is 18.5 Å². The standard InChI is InChI=1S/C19H20N4O5/c1-4-23-16-8-5-12(9-15(16)21-22-23)19(25)28-11-18(24)20-14-7-6-13(26-2)10-17(14)27-3/h5-10H,4,11H2,1-3H3,(H,20,24). The molecule has 146 valence electrons. The Morgan fingerprint density at radius 3 is 2.64 bits per heavy atom. The number of methoxy groups -OCH3 is 2. The molecule has 0 aliphatic heterocycles. The molecule has 1 N–H and O–H groups in total. The van der Waals surface area contributed by atoms with Gasteiger partial charge in [0.2, 0.25) is 0 Å². The van der Waals surface area contributed by atoms with Gasteiger partial charge in [0.25, 0.3) is 5.91 Å². The van der Waals surface area contributed by atoms with Gasteiger partial charge in [0.05, 0.1) is 31.0 Å². The van der Waals surface area contributed by atoms with E-state index >= 15 is 0 Å². The first kappa shape index (κ1) is 19.2. The van der Waals surface area contributed by atoms with Crippen molar-refractivity contribution < 1.29 is 23.8 Å². The molecule has 1 aromatic heterocycles. The fourth-order valence-electron chi connectivity index (χ4n) is 2.64. The number of hydrogen-bond donors (Lipinski definition) is 1. The van der Waals surface area contributed by atoms with Gasteiger partial charge in [-0.05, 0) is 37.3 Å². The minimum Gasteiger partial charge on any atom is -0.497 e. The molecule has 1 heterocycles. The molecule has 0 atom stereocenters. The Labute approximate surface area is 161 Å². The SMILES string of the molecule is CCn1nnc2cc(C(=O)OCC(=O)Nc3ccc(OC)cc3OC)ccc21. The van der Waals surface area contributed by atoms with Crippen molar-refractivity contribution in [2.45, 2.75) is 13.5 Å². The van der Waals surface area contributed by atoms with Gasteiger partial charge in [-0.1, -0.05) is 5.21 Å². The second-order valence-corrected chi connectivity index (χ2v) is 5.80. The van der Waals surface area contributed by atoms with Crippen LogP contribution in [0, 0.1) is 0 Å². The molecule has 0 saturated heterocycles. The van der Waals surface area contributed by atoms with E-state index in [-0.39, 0.29) is 0 Å². The molecule has 3 aromatic rings. The first-order valence-electron chi connectivity index (χ1n) is 8.58. The molecule has 3 rings (SSSR count). The predicted molar refractivity (Wildman–Crippen MR) is 102 cm³/mol. The summed E-state index contributed by atoms with van der Waals surface area (Å²) < 4.78 is 17.1. The zero-order chi connectivity index (χ0) is 20.1. The van der Waals surface area contributed by atoms with E-state index in [1.54, 1.807) is 41.1 Å². The van der Waals surface area contributed by atoms with Crippen molar-refractivity contribution in [2.75, 3.05) is 26.1 Å². The van der Waals surface area contributed by atoms with Crippen molar-refractivity contribution in [1.29, 1.82) is 0 Å². The number of ether oxygens (including phenoxy) is 3. The average Bonchev–Trinajstić information content (AvgIpc) is 3.14. The van der Waals surface area contributed by atoms with E-state index in [9.17, 15) is 9.59 Å². The summed E-state index contributed by atoms with van der Waals surface area (Å²) in [5.41, 5.74) is 2.15. The molecule has 0 unspecified atom stereocenters. The van der Waals surface area contributed by atoms with Gasteiger partial charge >= 0.3 is 5.97 Å². The molecule has 2 aromatic carbocycles. The van der Waals surface area contributed by atoms with Crippen molar-refractivity contribution in [3.05, 3.63) is 42.0 Å². The Bertz CT molecular complexity index is 1010. The number of aryl methyl sites for hydroxylation is 1. The molecule has 28 heavy (non-hydrogen) atoms. The van der Waals surface area contributed by atoms with Crippen molar-refractivity contribution >= 4 is 28.6 Å². The van der Waals surface area contributed by atoms with Crippen LogP contribution in [0.4, 0.5) is 5.69 Å². The van der Waals surface area contributed by atoms with Crippen LogP contribution in [-0.2, 0) is 16.1 Å². The summed E-state index contributed by atoms with van der Waals surface area (Å²) in [6.07, 6.45) is 0. The summed E-state index contributed by atoms with van der Waals surface area (Å²) in [6, 6.07) is 9.91. The lowest BCUT2D eigenvalue weighted by Crippen LogP contribution is -2.21. The highest BCUT2D eigenvalue weighted by Crippen LogP contribution is 2.28. The number of carbonyl (C=O) groups excluding carboxylic acids is 2. The Morgan fingerprint density at radius 1 is 1.11 bits per heavy atom. The number of aromatic nitrogens is 3. The first-order valence-corrected chi connectivity index (χ1v) is 8.58. The zero-order valence-electron chi connectivity index (χ0n) is 15.8. The van der Waals surface area contributed by atoms with Gasteiger partial charge in [-0.2, -0.15) is 0 Å². The summed E-state index contributed by atoms with van der Waals surface area (Å²) in [5.74, 6) is -0.0835. The summed E-state index contributed by atoms with van der Waals surface area (Å²) in [4.78, 5) is 24.4. The quantitative estimate of drug-likeness (QED) is 0.623. The second-order valence-electron chi connectivity index (χ2n) is 5.80. The van der Waals surface area contributed by atoms with Gasteiger partial charge in [-0.3, -0.25) is 4.79 Å². The van der Waals surface area contributed by atoms with E-state index in [0.717, 1.165) is 5.52 Å². The van der Waals surface area contributed by atoms with Crippen LogP contribution in [0.25, 0.3) is 11.0 Å². The maximum Gasteiger partial charge on any atom is 0.338 e. The summed E-state index contributed by atoms with van der Waals surface area (Å²) in [5, 5.41) is 10.6. The molecule has 0 bridgehead atoms. The third kappa shape index (κ3) is 4.03. The molecular formula is C19H20N4O5. The maximum absolute atomic E-state index is 12.2. The number of anilines is 1. The van der Waals surface area contributed by atoms with Crippen LogP contribution in [0.5, 0.6) is 11.5 Å². The fraction of sp³-hybridized carbons (Fsp3) is 0.263. The van der Waals surface area contributed by atoms with E-state index in [4.69, 9.17) is 14.2 Å². The molecule has 9 heteroatoms. The number of hydrogen-bond acceptors (Lipinski definition) is 7. The van der Waals surface area contributed by atoms with Gasteiger partial charge in [0.1, 0.15) is 17.0 Å². The van der Waals surface area contributed by atoms with E-state index in [1.807, 2.05) is 6.92 Å². The van der Waals surface area contributed by atoms with E-state index in [1.165, 1.54) is 14.2 Å². The highest BCUT2D eigenvalue weighted by Gasteiger charge is 2.14. The smallest absolute Gasteiger partial charge is 0.338 e. The van der Waals surface area contributed by atoms with Crippen LogP contribution < -0.4 is 14.8 Å². The summed E-state index contributed by atoms with van der Waals surface area (Å²) in [7, 11) is 3.02. The molecule has 0 aliphatic rings. The van der Waals surface area contributed by atoms with Crippen molar-refractivity contribution in [2.24, 2.45) is 0 Å². The van der Waals surface area contributed by atoms with Crippen molar-refractivity contribution in [3.63, 3.8) is 0 Å². The lowest BCUT2D eigenvalue weighted by Gasteiger charge is -2.11. The van der Waals surface area contributed by atoms with Crippen LogP contribution in [0.15, 0.2) is 36.4 Å². The number of fused-ring (bicyclic) bond motifs is 1.